The molecule has 6 aliphatic carbocycles. The smallest absolute Gasteiger partial charge is 0.325 e. The van der Waals surface area contributed by atoms with E-state index in [1.165, 1.54) is 0 Å². The van der Waals surface area contributed by atoms with Crippen molar-refractivity contribution in [1.82, 2.24) is 15.5 Å². The van der Waals surface area contributed by atoms with Crippen LogP contribution in [0.2, 0.25) is 0 Å². The first-order valence-corrected chi connectivity index (χ1v) is 13.3. The van der Waals surface area contributed by atoms with Gasteiger partial charge in [-0.15, -0.1) is 0 Å². The molecule has 8 nitrogen and oxygen atoms in total. The molecule has 7 rings (SSSR count). The summed E-state index contributed by atoms with van der Waals surface area (Å²) in [5.41, 5.74) is 5.74. The number of amides is 1. The van der Waals surface area contributed by atoms with Gasteiger partial charge in [-0.25, -0.2) is 0 Å². The molecule has 6 saturated carbocycles. The number of nitrogens with zero attached hydrogens (tertiary/aromatic N) is 2. The number of nitriles is 1. The Kier molecular flexibility index (Phi) is 5.12. The van der Waals surface area contributed by atoms with Crippen LogP contribution in [0.1, 0.15) is 70.6 Å². The van der Waals surface area contributed by atoms with Crippen LogP contribution in [-0.2, 0) is 14.3 Å². The average Bonchev–Trinajstić information content (AvgIpc) is 3.43. The van der Waals surface area contributed by atoms with Crippen molar-refractivity contribution >= 4 is 11.9 Å². The quantitative estimate of drug-likeness (QED) is 0.483. The van der Waals surface area contributed by atoms with Crippen LogP contribution in [0.15, 0.2) is 0 Å². The standard InChI is InChI=1S/C26H39N5O3/c1-29-21(26(30-2)4-3-5-26)23(33)34-25-11-15-6-16(12-25)10-24(9-15,14-25)20(28)22(32)31-18(13-27)7-17-8-19(17)31/h15-21,29-30H,3-12,14,28H2,1-2H3/t15?,16?,17-,18+,19+,20-,21-,24?,25?/m1/s1. The van der Waals surface area contributed by atoms with E-state index in [1.54, 1.807) is 0 Å². The van der Waals surface area contributed by atoms with Crippen LogP contribution in [0.3, 0.4) is 0 Å². The van der Waals surface area contributed by atoms with E-state index in [9.17, 15) is 14.9 Å². The predicted octanol–water partition coefficient (Wildman–Crippen LogP) is 1.44. The number of carbonyl (C=O) groups is 2. The summed E-state index contributed by atoms with van der Waals surface area (Å²) in [5, 5.41) is 16.2. The van der Waals surface area contributed by atoms with Crippen LogP contribution in [0.25, 0.3) is 0 Å². The molecule has 0 aromatic carbocycles. The van der Waals surface area contributed by atoms with Crippen molar-refractivity contribution in [3.8, 4) is 6.07 Å². The first-order chi connectivity index (χ1) is 16.3. The minimum atomic E-state index is -0.623. The normalized spacial score (nSPS) is 44.5. The molecule has 0 aromatic rings. The van der Waals surface area contributed by atoms with E-state index in [4.69, 9.17) is 10.5 Å². The molecule has 8 heteroatoms. The zero-order valence-corrected chi connectivity index (χ0v) is 20.5. The summed E-state index contributed by atoms with van der Waals surface area (Å²) in [6.45, 7) is 0. The third-order valence-corrected chi connectivity index (χ3v) is 10.6. The van der Waals surface area contributed by atoms with E-state index in [-0.39, 0.29) is 41.0 Å². The number of hydrogen-bond acceptors (Lipinski definition) is 7. The highest BCUT2D eigenvalue weighted by atomic mass is 16.6. The van der Waals surface area contributed by atoms with Crippen molar-refractivity contribution in [1.29, 1.82) is 5.26 Å². The number of esters is 1. The minimum Gasteiger partial charge on any atom is -0.458 e. The number of nitrogens with one attached hydrogen (secondary N) is 2. The second kappa shape index (κ2) is 7.65. The Bertz CT molecular complexity index is 906. The van der Waals surface area contributed by atoms with E-state index >= 15 is 0 Å². The molecule has 0 aromatic heterocycles. The van der Waals surface area contributed by atoms with Gasteiger partial charge >= 0.3 is 5.97 Å². The van der Waals surface area contributed by atoms with E-state index in [0.29, 0.717) is 24.2 Å². The van der Waals surface area contributed by atoms with Gasteiger partial charge in [0.1, 0.15) is 17.7 Å². The number of carbonyl (C=O) groups excluding carboxylic acids is 2. The van der Waals surface area contributed by atoms with Gasteiger partial charge in [-0.2, -0.15) is 5.26 Å². The molecule has 186 valence electrons. The van der Waals surface area contributed by atoms with Gasteiger partial charge < -0.3 is 26.0 Å². The lowest BCUT2D eigenvalue weighted by atomic mass is 9.46. The Morgan fingerprint density at radius 1 is 1.12 bits per heavy atom. The second-order valence-corrected chi connectivity index (χ2v) is 12.6. The van der Waals surface area contributed by atoms with Gasteiger partial charge in [0.05, 0.1) is 12.1 Å². The van der Waals surface area contributed by atoms with E-state index < -0.39 is 11.6 Å². The van der Waals surface area contributed by atoms with Crippen LogP contribution in [0.4, 0.5) is 0 Å². The number of likely N-dealkylation sites (N-methyl/N-ethyl adjacent to an activating group) is 2. The molecule has 7 atom stereocenters. The third-order valence-electron chi connectivity index (χ3n) is 10.6. The second-order valence-electron chi connectivity index (χ2n) is 12.6. The SMILES string of the molecule is CN[C@H](C(=O)OC12CC3CC(C1)CC([C@H](N)C(=O)N1[C@H](C#N)C[C@@H]4C[C@@H]41)(C3)C2)C1(NC)CCC1. The van der Waals surface area contributed by atoms with Gasteiger partial charge in [0.25, 0.3) is 0 Å². The third kappa shape index (κ3) is 3.19. The highest BCUT2D eigenvalue weighted by Gasteiger charge is 2.64. The van der Waals surface area contributed by atoms with E-state index in [1.807, 2.05) is 19.0 Å². The number of ether oxygens (including phenoxy) is 1. The topological polar surface area (TPSA) is 120 Å². The van der Waals surface area contributed by atoms with Crippen molar-refractivity contribution in [2.45, 2.75) is 106 Å². The van der Waals surface area contributed by atoms with Crippen LogP contribution < -0.4 is 16.4 Å². The van der Waals surface area contributed by atoms with Crippen molar-refractivity contribution in [3.63, 3.8) is 0 Å². The molecule has 1 heterocycles. The number of likely N-dealkylation sites (tertiary alicyclic amines) is 1. The molecule has 2 unspecified atom stereocenters. The summed E-state index contributed by atoms with van der Waals surface area (Å²) >= 11 is 0. The number of hydrogen-bond donors (Lipinski definition) is 3. The van der Waals surface area contributed by atoms with E-state index in [0.717, 1.165) is 64.2 Å². The van der Waals surface area contributed by atoms with Crippen LogP contribution in [0, 0.1) is 34.5 Å². The lowest BCUT2D eigenvalue weighted by Crippen LogP contribution is -2.68. The lowest BCUT2D eigenvalue weighted by molar-refractivity contribution is -0.209. The van der Waals surface area contributed by atoms with Gasteiger partial charge in [-0.05, 0) is 108 Å². The number of rotatable bonds is 7. The molecule has 4 N–H and O–H groups in total. The predicted molar refractivity (Wildman–Crippen MR) is 125 cm³/mol. The maximum absolute atomic E-state index is 13.7. The zero-order chi connectivity index (χ0) is 23.9. The molecule has 34 heavy (non-hydrogen) atoms. The Balaban J connectivity index is 1.23. The summed E-state index contributed by atoms with van der Waals surface area (Å²) in [4.78, 5) is 29.0. The van der Waals surface area contributed by atoms with Crippen LogP contribution in [-0.4, -0.2) is 66.2 Å². The largest absolute Gasteiger partial charge is 0.458 e. The minimum absolute atomic E-state index is 0.0447. The van der Waals surface area contributed by atoms with Crippen molar-refractivity contribution in [2.24, 2.45) is 28.9 Å². The fraction of sp³-hybridized carbons (Fsp3) is 0.885. The molecular formula is C26H39N5O3. The van der Waals surface area contributed by atoms with Crippen molar-refractivity contribution < 1.29 is 14.3 Å². The fourth-order valence-electron chi connectivity index (χ4n) is 9.18. The Labute approximate surface area is 202 Å². The van der Waals surface area contributed by atoms with Gasteiger partial charge in [0.15, 0.2) is 0 Å². The molecule has 0 spiro atoms. The van der Waals surface area contributed by atoms with Crippen LogP contribution in [0.5, 0.6) is 0 Å². The Morgan fingerprint density at radius 2 is 1.82 bits per heavy atom. The van der Waals surface area contributed by atoms with Crippen molar-refractivity contribution in [3.05, 3.63) is 0 Å². The Hall–Kier alpha value is -1.69. The maximum atomic E-state index is 13.7. The van der Waals surface area contributed by atoms with Gasteiger partial charge in [0.2, 0.25) is 5.91 Å². The van der Waals surface area contributed by atoms with E-state index in [2.05, 4.69) is 16.7 Å². The monoisotopic (exact) mass is 469 g/mol. The maximum Gasteiger partial charge on any atom is 0.325 e. The molecule has 7 aliphatic rings. The lowest BCUT2D eigenvalue weighted by Gasteiger charge is -2.63. The van der Waals surface area contributed by atoms with Gasteiger partial charge in [-0.3, -0.25) is 9.59 Å². The average molecular weight is 470 g/mol. The molecule has 4 bridgehead atoms. The molecule has 1 amide bonds. The fourth-order valence-corrected chi connectivity index (χ4v) is 9.18. The highest BCUT2D eigenvalue weighted by molar-refractivity contribution is 5.84. The van der Waals surface area contributed by atoms with Crippen molar-refractivity contribution in [2.75, 3.05) is 14.1 Å². The number of fused-ring (bicyclic) bond motifs is 1. The van der Waals surface area contributed by atoms with Gasteiger partial charge in [0, 0.05) is 11.6 Å². The Morgan fingerprint density at radius 3 is 2.38 bits per heavy atom. The molecule has 1 saturated heterocycles. The highest BCUT2D eigenvalue weighted by Crippen LogP contribution is 2.64. The summed E-state index contributed by atoms with van der Waals surface area (Å²) in [7, 11) is 3.77. The van der Waals surface area contributed by atoms with Gasteiger partial charge in [-0.1, -0.05) is 0 Å². The summed E-state index contributed by atoms with van der Waals surface area (Å²) in [5.74, 6) is 1.16. The first-order valence-electron chi connectivity index (χ1n) is 13.3. The molecular weight excluding hydrogens is 430 g/mol. The molecule has 1 aliphatic heterocycles. The summed E-state index contributed by atoms with van der Waals surface area (Å²) < 4.78 is 6.47. The summed E-state index contributed by atoms with van der Waals surface area (Å²) in [6.07, 6.45) is 10.3. The molecule has 7 fully saturated rings. The molecule has 0 radical (unpaired) electrons. The first kappa shape index (κ1) is 22.8. The number of nitrogens with two attached hydrogens (primary N) is 1. The number of piperidine rings is 1. The zero-order valence-electron chi connectivity index (χ0n) is 20.5. The summed E-state index contributed by atoms with van der Waals surface area (Å²) in [6, 6.07) is 1.21. The van der Waals surface area contributed by atoms with Crippen LogP contribution >= 0.6 is 0 Å².